The number of alkyl halides is 4. The van der Waals surface area contributed by atoms with E-state index in [1.165, 1.54) is 0 Å². The van der Waals surface area contributed by atoms with Crippen molar-refractivity contribution in [2.24, 2.45) is 0 Å². The molecular formula is C13H17Br4N. The van der Waals surface area contributed by atoms with Crippen LogP contribution >= 0.6 is 63.7 Å². The van der Waals surface area contributed by atoms with Crippen molar-refractivity contribution in [2.75, 3.05) is 21.3 Å². The average Bonchev–Trinajstić information content (AvgIpc) is 2.45. The molecule has 0 spiro atoms. The summed E-state index contributed by atoms with van der Waals surface area (Å²) in [5.41, 5.74) is 2.30. The van der Waals surface area contributed by atoms with E-state index in [-0.39, 0.29) is 10.8 Å². The lowest BCUT2D eigenvalue weighted by atomic mass is 9.88. The van der Waals surface area contributed by atoms with Crippen LogP contribution in [0.1, 0.15) is 25.2 Å². The minimum absolute atomic E-state index is 0.0234. The number of rotatable bonds is 6. The van der Waals surface area contributed by atoms with Gasteiger partial charge in [0.15, 0.2) is 0 Å². The third kappa shape index (κ3) is 3.58. The molecule has 0 radical (unpaired) electrons. The van der Waals surface area contributed by atoms with E-state index in [0.717, 1.165) is 32.7 Å². The zero-order valence-corrected chi connectivity index (χ0v) is 16.9. The maximum absolute atomic E-state index is 4.88. The summed E-state index contributed by atoms with van der Waals surface area (Å²) in [6, 6.07) is 6.31. The lowest BCUT2D eigenvalue weighted by molar-refractivity contribution is 0.560. The second kappa shape index (κ2) is 7.19. The van der Waals surface area contributed by atoms with E-state index in [9.17, 15) is 0 Å². The fraction of sp³-hybridized carbons (Fsp3) is 0.615. The summed E-state index contributed by atoms with van der Waals surface area (Å²) in [4.78, 5) is 4.88. The summed E-state index contributed by atoms with van der Waals surface area (Å²) in [5.74, 6) is 0. The first-order valence-corrected chi connectivity index (χ1v) is 10.2. The number of hydrogen-bond acceptors (Lipinski definition) is 1. The SMILES string of the molecule is CC(CBr)(CBr)c1cccc(C(C)(CBr)CBr)n1. The summed E-state index contributed by atoms with van der Waals surface area (Å²) in [6.07, 6.45) is 0. The lowest BCUT2D eigenvalue weighted by Gasteiger charge is -2.29. The van der Waals surface area contributed by atoms with Crippen molar-refractivity contribution in [3.8, 4) is 0 Å². The molecule has 0 atom stereocenters. The molecule has 1 aromatic rings. The Labute approximate surface area is 143 Å². The number of aromatic nitrogens is 1. The summed E-state index contributed by atoms with van der Waals surface area (Å²) in [5, 5.41) is 3.56. The van der Waals surface area contributed by atoms with E-state index in [2.05, 4.69) is 95.8 Å². The quantitative estimate of drug-likeness (QED) is 0.485. The van der Waals surface area contributed by atoms with Gasteiger partial charge in [-0.3, -0.25) is 4.98 Å². The number of pyridine rings is 1. The van der Waals surface area contributed by atoms with Crippen molar-refractivity contribution in [3.05, 3.63) is 29.6 Å². The van der Waals surface area contributed by atoms with E-state index in [1.807, 2.05) is 0 Å². The van der Waals surface area contributed by atoms with Gasteiger partial charge in [0.1, 0.15) is 0 Å². The van der Waals surface area contributed by atoms with Gasteiger partial charge >= 0.3 is 0 Å². The zero-order chi connectivity index (χ0) is 13.8. The second-order valence-electron chi connectivity index (χ2n) is 5.06. The van der Waals surface area contributed by atoms with Gasteiger partial charge in [-0.25, -0.2) is 0 Å². The highest BCUT2D eigenvalue weighted by Crippen LogP contribution is 2.31. The molecule has 0 aliphatic carbocycles. The molecule has 1 aromatic heterocycles. The Hall–Kier alpha value is 1.07. The van der Waals surface area contributed by atoms with E-state index in [1.54, 1.807) is 0 Å². The molecule has 0 N–H and O–H groups in total. The first kappa shape index (κ1) is 17.1. The van der Waals surface area contributed by atoms with Crippen LogP contribution in [0.5, 0.6) is 0 Å². The van der Waals surface area contributed by atoms with Gasteiger partial charge in [-0.15, -0.1) is 0 Å². The van der Waals surface area contributed by atoms with Crippen molar-refractivity contribution in [1.29, 1.82) is 0 Å². The number of hydrogen-bond donors (Lipinski definition) is 0. The van der Waals surface area contributed by atoms with Crippen molar-refractivity contribution in [3.63, 3.8) is 0 Å². The maximum Gasteiger partial charge on any atom is 0.0482 e. The zero-order valence-electron chi connectivity index (χ0n) is 10.5. The molecule has 0 aromatic carbocycles. The van der Waals surface area contributed by atoms with E-state index in [4.69, 9.17) is 4.98 Å². The highest BCUT2D eigenvalue weighted by molar-refractivity contribution is 9.10. The molecule has 0 saturated heterocycles. The Morgan fingerprint density at radius 2 is 1.17 bits per heavy atom. The molecule has 0 saturated carbocycles. The minimum Gasteiger partial charge on any atom is -0.257 e. The molecule has 0 bridgehead atoms. The Bertz CT molecular complexity index is 353. The molecule has 1 rings (SSSR count). The monoisotopic (exact) mass is 503 g/mol. The Morgan fingerprint density at radius 3 is 1.44 bits per heavy atom. The van der Waals surface area contributed by atoms with Crippen LogP contribution in [0.4, 0.5) is 0 Å². The molecule has 5 heteroatoms. The Morgan fingerprint density at radius 1 is 0.833 bits per heavy atom. The molecule has 102 valence electrons. The topological polar surface area (TPSA) is 12.9 Å². The van der Waals surface area contributed by atoms with Gasteiger partial charge in [0.25, 0.3) is 0 Å². The highest BCUT2D eigenvalue weighted by atomic mass is 79.9. The van der Waals surface area contributed by atoms with Crippen molar-refractivity contribution < 1.29 is 0 Å². The van der Waals surface area contributed by atoms with Crippen LogP contribution in [0.3, 0.4) is 0 Å². The highest BCUT2D eigenvalue weighted by Gasteiger charge is 2.30. The van der Waals surface area contributed by atoms with Crippen molar-refractivity contribution >= 4 is 63.7 Å². The summed E-state index contributed by atoms with van der Waals surface area (Å²) < 4.78 is 0. The van der Waals surface area contributed by atoms with Gasteiger partial charge in [-0.1, -0.05) is 83.6 Å². The molecule has 0 fully saturated rings. The molecule has 1 nitrogen and oxygen atoms in total. The molecule has 1 heterocycles. The van der Waals surface area contributed by atoms with Gasteiger partial charge in [0, 0.05) is 43.5 Å². The average molecular weight is 507 g/mol. The van der Waals surface area contributed by atoms with Crippen LogP contribution in [0.25, 0.3) is 0 Å². The molecule has 0 unspecified atom stereocenters. The van der Waals surface area contributed by atoms with Crippen LogP contribution in [-0.4, -0.2) is 26.3 Å². The molecular weight excluding hydrogens is 490 g/mol. The van der Waals surface area contributed by atoms with Crippen molar-refractivity contribution in [2.45, 2.75) is 24.7 Å². The molecule has 0 aliphatic heterocycles. The van der Waals surface area contributed by atoms with Gasteiger partial charge < -0.3 is 0 Å². The second-order valence-corrected chi connectivity index (χ2v) is 7.31. The predicted molar refractivity (Wildman–Crippen MR) is 94.1 cm³/mol. The Balaban J connectivity index is 3.21. The summed E-state index contributed by atoms with van der Waals surface area (Å²) in [6.45, 7) is 4.42. The van der Waals surface area contributed by atoms with Crippen LogP contribution in [-0.2, 0) is 10.8 Å². The normalized spacial score (nSPS) is 12.8. The van der Waals surface area contributed by atoms with E-state index < -0.39 is 0 Å². The van der Waals surface area contributed by atoms with Gasteiger partial charge in [-0.2, -0.15) is 0 Å². The standard InChI is InChI=1S/C13H17Br4N/c1-12(6-14,7-15)10-4-3-5-11(18-10)13(2,8-16)9-17/h3-5H,6-9H2,1-2H3. The first-order chi connectivity index (χ1) is 8.45. The number of halogens is 4. The Kier molecular flexibility index (Phi) is 6.84. The van der Waals surface area contributed by atoms with Gasteiger partial charge in [0.2, 0.25) is 0 Å². The fourth-order valence-corrected chi connectivity index (χ4v) is 4.46. The number of nitrogens with zero attached hydrogens (tertiary/aromatic N) is 1. The van der Waals surface area contributed by atoms with Crippen LogP contribution < -0.4 is 0 Å². The molecule has 0 amide bonds. The first-order valence-electron chi connectivity index (χ1n) is 5.67. The molecule has 0 aliphatic rings. The summed E-state index contributed by atoms with van der Waals surface area (Å²) >= 11 is 14.4. The third-order valence-electron chi connectivity index (χ3n) is 3.17. The lowest BCUT2D eigenvalue weighted by Crippen LogP contribution is -2.31. The maximum atomic E-state index is 4.88. The van der Waals surface area contributed by atoms with Gasteiger partial charge in [0.05, 0.1) is 0 Å². The summed E-state index contributed by atoms with van der Waals surface area (Å²) in [7, 11) is 0. The largest absolute Gasteiger partial charge is 0.257 e. The van der Waals surface area contributed by atoms with E-state index in [0.29, 0.717) is 0 Å². The van der Waals surface area contributed by atoms with Crippen LogP contribution in [0.2, 0.25) is 0 Å². The van der Waals surface area contributed by atoms with E-state index >= 15 is 0 Å². The van der Waals surface area contributed by atoms with Crippen LogP contribution in [0.15, 0.2) is 18.2 Å². The minimum atomic E-state index is 0.0234. The molecule has 18 heavy (non-hydrogen) atoms. The van der Waals surface area contributed by atoms with Crippen molar-refractivity contribution in [1.82, 2.24) is 4.98 Å². The van der Waals surface area contributed by atoms with Crippen LogP contribution in [0, 0.1) is 0 Å². The predicted octanol–water partition coefficient (Wildman–Crippen LogP) is 5.18. The van der Waals surface area contributed by atoms with Gasteiger partial charge in [-0.05, 0) is 12.1 Å². The third-order valence-corrected chi connectivity index (χ3v) is 8.12. The fourth-order valence-electron chi connectivity index (χ4n) is 1.45. The smallest absolute Gasteiger partial charge is 0.0482 e.